The second-order valence-electron chi connectivity index (χ2n) is 5.54. The summed E-state index contributed by atoms with van der Waals surface area (Å²) in [5.74, 6) is 0.126. The lowest BCUT2D eigenvalue weighted by molar-refractivity contribution is 0.0760. The van der Waals surface area contributed by atoms with Gasteiger partial charge in [0.05, 0.1) is 19.0 Å². The van der Waals surface area contributed by atoms with Crippen molar-refractivity contribution in [2.24, 2.45) is 0 Å². The van der Waals surface area contributed by atoms with E-state index >= 15 is 0 Å². The first kappa shape index (κ1) is 16.2. The summed E-state index contributed by atoms with van der Waals surface area (Å²) in [7, 11) is 1.55. The van der Waals surface area contributed by atoms with E-state index in [9.17, 15) is 9.18 Å². The summed E-state index contributed by atoms with van der Waals surface area (Å²) in [5.41, 5.74) is 0.886. The molecule has 1 saturated heterocycles. The van der Waals surface area contributed by atoms with Crippen LogP contribution in [-0.2, 0) is 0 Å². The molecule has 3 rings (SSSR count). The molecule has 0 bridgehead atoms. The summed E-state index contributed by atoms with van der Waals surface area (Å²) >= 11 is 0. The Morgan fingerprint density at radius 3 is 2.88 bits per heavy atom. The third-order valence-electron chi connectivity index (χ3n) is 4.06. The molecule has 6 nitrogen and oxygen atoms in total. The van der Waals surface area contributed by atoms with E-state index in [0.717, 1.165) is 6.42 Å². The number of halogens is 1. The Labute approximate surface area is 139 Å². The maximum Gasteiger partial charge on any atom is 0.272 e. The summed E-state index contributed by atoms with van der Waals surface area (Å²) in [4.78, 5) is 24.2. The second-order valence-corrected chi connectivity index (χ2v) is 5.54. The van der Waals surface area contributed by atoms with Crippen molar-refractivity contribution < 1.29 is 13.9 Å². The van der Waals surface area contributed by atoms with E-state index in [4.69, 9.17) is 4.74 Å². The molecule has 0 atom stereocenters. The van der Waals surface area contributed by atoms with E-state index in [1.54, 1.807) is 42.6 Å². The summed E-state index contributed by atoms with van der Waals surface area (Å²) in [6.07, 6.45) is 5.11. The van der Waals surface area contributed by atoms with Crippen LogP contribution in [0.2, 0.25) is 0 Å². The van der Waals surface area contributed by atoms with Crippen molar-refractivity contribution >= 4 is 11.6 Å². The first-order chi connectivity index (χ1) is 11.7. The average molecular weight is 330 g/mol. The van der Waals surface area contributed by atoms with Crippen molar-refractivity contribution in [3.63, 3.8) is 0 Å². The number of hydrogen-bond donors (Lipinski definition) is 0. The minimum absolute atomic E-state index is 0.133. The van der Waals surface area contributed by atoms with Crippen LogP contribution in [-0.4, -0.2) is 54.1 Å². The third-order valence-corrected chi connectivity index (χ3v) is 4.06. The summed E-state index contributed by atoms with van der Waals surface area (Å²) in [6, 6.07) is 5.00. The van der Waals surface area contributed by atoms with Crippen LogP contribution < -0.4 is 9.64 Å². The minimum atomic E-state index is -0.341. The van der Waals surface area contributed by atoms with Gasteiger partial charge in [-0.15, -0.1) is 0 Å². The highest BCUT2D eigenvalue weighted by atomic mass is 19.1. The lowest BCUT2D eigenvalue weighted by Crippen LogP contribution is -2.35. The molecule has 0 aliphatic carbocycles. The van der Waals surface area contributed by atoms with Crippen LogP contribution in [0.5, 0.6) is 5.75 Å². The smallest absolute Gasteiger partial charge is 0.272 e. The number of nitrogens with zero attached hydrogens (tertiary/aromatic N) is 4. The number of ether oxygens (including phenoxy) is 1. The van der Waals surface area contributed by atoms with Gasteiger partial charge in [-0.3, -0.25) is 14.8 Å². The van der Waals surface area contributed by atoms with Gasteiger partial charge < -0.3 is 14.5 Å². The number of anilines is 1. The van der Waals surface area contributed by atoms with Gasteiger partial charge in [0.1, 0.15) is 11.4 Å². The second kappa shape index (κ2) is 7.25. The molecule has 0 radical (unpaired) electrons. The quantitative estimate of drug-likeness (QED) is 0.861. The van der Waals surface area contributed by atoms with Crippen molar-refractivity contribution in [1.82, 2.24) is 14.9 Å². The lowest BCUT2D eigenvalue weighted by Gasteiger charge is -2.23. The Hall–Kier alpha value is -2.70. The number of pyridine rings is 2. The Morgan fingerprint density at radius 2 is 2.08 bits per heavy atom. The fraction of sp³-hybridized carbons (Fsp3) is 0.353. The fourth-order valence-electron chi connectivity index (χ4n) is 2.80. The van der Waals surface area contributed by atoms with Crippen LogP contribution in [0.1, 0.15) is 16.9 Å². The molecule has 1 aliphatic heterocycles. The van der Waals surface area contributed by atoms with Crippen LogP contribution >= 0.6 is 0 Å². The fourth-order valence-corrected chi connectivity index (χ4v) is 2.80. The molecule has 0 aromatic carbocycles. The zero-order chi connectivity index (χ0) is 16.9. The van der Waals surface area contributed by atoms with Crippen molar-refractivity contribution in [2.45, 2.75) is 6.42 Å². The topological polar surface area (TPSA) is 58.6 Å². The van der Waals surface area contributed by atoms with Gasteiger partial charge in [0.2, 0.25) is 0 Å². The molecule has 24 heavy (non-hydrogen) atoms. The number of carbonyl (C=O) groups excluding carboxylic acids is 1. The van der Waals surface area contributed by atoms with E-state index in [-0.39, 0.29) is 11.7 Å². The number of aromatic nitrogens is 2. The Morgan fingerprint density at radius 1 is 1.21 bits per heavy atom. The molecule has 1 fully saturated rings. The highest BCUT2D eigenvalue weighted by Crippen LogP contribution is 2.20. The van der Waals surface area contributed by atoms with Crippen LogP contribution in [0, 0.1) is 5.82 Å². The maximum atomic E-state index is 13.9. The van der Waals surface area contributed by atoms with Crippen molar-refractivity contribution in [3.05, 3.63) is 48.3 Å². The van der Waals surface area contributed by atoms with Gasteiger partial charge in [-0.2, -0.15) is 0 Å². The SMILES string of the molecule is COc1ccnc(C(=O)N2CCCN(c3ccncc3F)CC2)c1. The zero-order valence-electron chi connectivity index (χ0n) is 13.5. The molecule has 2 aromatic heterocycles. The Balaban J connectivity index is 1.71. The van der Waals surface area contributed by atoms with Gasteiger partial charge in [-0.25, -0.2) is 4.39 Å². The standard InChI is InChI=1S/C17H19FN4O2/c1-24-13-3-6-20-15(11-13)17(23)22-8-2-7-21(9-10-22)16-4-5-19-12-14(16)18/h3-6,11-12H,2,7-10H2,1H3. The summed E-state index contributed by atoms with van der Waals surface area (Å²) < 4.78 is 19.0. The first-order valence-corrected chi connectivity index (χ1v) is 7.83. The molecular formula is C17H19FN4O2. The maximum absolute atomic E-state index is 13.9. The van der Waals surface area contributed by atoms with E-state index in [1.165, 1.54) is 6.20 Å². The highest BCUT2D eigenvalue weighted by molar-refractivity contribution is 5.92. The summed E-state index contributed by atoms with van der Waals surface area (Å²) in [6.45, 7) is 2.38. The normalized spacial score (nSPS) is 15.1. The zero-order valence-corrected chi connectivity index (χ0v) is 13.5. The Bertz CT molecular complexity index is 725. The first-order valence-electron chi connectivity index (χ1n) is 7.83. The number of hydrogen-bond acceptors (Lipinski definition) is 5. The number of rotatable bonds is 3. The van der Waals surface area contributed by atoms with Crippen molar-refractivity contribution in [3.8, 4) is 5.75 Å². The largest absolute Gasteiger partial charge is 0.497 e. The van der Waals surface area contributed by atoms with Crippen molar-refractivity contribution in [2.75, 3.05) is 38.2 Å². The molecule has 2 aromatic rings. The van der Waals surface area contributed by atoms with Gasteiger partial charge >= 0.3 is 0 Å². The number of carbonyl (C=O) groups is 1. The summed E-state index contributed by atoms with van der Waals surface area (Å²) in [5, 5.41) is 0. The van der Waals surface area contributed by atoms with E-state index in [2.05, 4.69) is 9.97 Å². The van der Waals surface area contributed by atoms with Gasteiger partial charge in [0.15, 0.2) is 5.82 Å². The predicted octanol–water partition coefficient (Wildman–Crippen LogP) is 1.98. The molecule has 0 saturated carbocycles. The predicted molar refractivity (Wildman–Crippen MR) is 87.7 cm³/mol. The lowest BCUT2D eigenvalue weighted by atomic mass is 10.3. The molecule has 1 aliphatic rings. The van der Waals surface area contributed by atoms with Crippen LogP contribution in [0.25, 0.3) is 0 Å². The molecule has 7 heteroatoms. The molecule has 126 valence electrons. The molecule has 0 spiro atoms. The van der Waals surface area contributed by atoms with Gasteiger partial charge in [-0.05, 0) is 18.6 Å². The molecule has 0 N–H and O–H groups in total. The van der Waals surface area contributed by atoms with Crippen LogP contribution in [0.3, 0.4) is 0 Å². The van der Waals surface area contributed by atoms with E-state index in [0.29, 0.717) is 43.3 Å². The van der Waals surface area contributed by atoms with E-state index in [1.807, 2.05) is 4.90 Å². The minimum Gasteiger partial charge on any atom is -0.497 e. The average Bonchev–Trinajstić information content (AvgIpc) is 2.87. The number of amides is 1. The highest BCUT2D eigenvalue weighted by Gasteiger charge is 2.22. The van der Waals surface area contributed by atoms with Crippen molar-refractivity contribution in [1.29, 1.82) is 0 Å². The van der Waals surface area contributed by atoms with E-state index < -0.39 is 0 Å². The van der Waals surface area contributed by atoms with Gasteiger partial charge in [0.25, 0.3) is 5.91 Å². The molecule has 1 amide bonds. The Kier molecular flexibility index (Phi) is 4.88. The third kappa shape index (κ3) is 3.45. The number of methoxy groups -OCH3 is 1. The molecule has 0 unspecified atom stereocenters. The van der Waals surface area contributed by atoms with Gasteiger partial charge in [-0.1, -0.05) is 0 Å². The van der Waals surface area contributed by atoms with Crippen LogP contribution in [0.4, 0.5) is 10.1 Å². The monoisotopic (exact) mass is 330 g/mol. The molecular weight excluding hydrogens is 311 g/mol. The molecule has 3 heterocycles. The van der Waals surface area contributed by atoms with Crippen LogP contribution in [0.15, 0.2) is 36.8 Å². The van der Waals surface area contributed by atoms with Gasteiger partial charge in [0, 0.05) is 44.6 Å².